The molecule has 0 unspecified atom stereocenters. The Hall–Kier alpha value is -2.38. The number of likely N-dealkylation sites (tertiary alicyclic amines) is 1. The number of unbranched alkanes of at least 4 members (excludes halogenated alkanes) is 1. The Morgan fingerprint density at radius 1 is 1.06 bits per heavy atom. The molecule has 0 atom stereocenters. The minimum Gasteiger partial charge on any atom is -0.494 e. The minimum absolute atomic E-state index is 0.103. The largest absolute Gasteiger partial charge is 0.494 e. The number of piperidine rings is 1. The van der Waals surface area contributed by atoms with Crippen LogP contribution >= 0.6 is 0 Å². The highest BCUT2D eigenvalue weighted by Gasteiger charge is 2.26. The zero-order chi connectivity index (χ0) is 24.5. The van der Waals surface area contributed by atoms with Crippen LogP contribution in [0, 0.1) is 0 Å². The van der Waals surface area contributed by atoms with Crippen molar-refractivity contribution >= 4 is 16.8 Å². The molecule has 1 amide bonds. The second kappa shape index (κ2) is 13.1. The third kappa shape index (κ3) is 7.55. The lowest BCUT2D eigenvalue weighted by atomic mass is 9.93. The number of carbonyl (C=O) groups is 1. The van der Waals surface area contributed by atoms with Gasteiger partial charge in [0.15, 0.2) is 0 Å². The number of aromatic nitrogens is 1. The van der Waals surface area contributed by atoms with Crippen LogP contribution in [-0.4, -0.2) is 72.7 Å². The Kier molecular flexibility index (Phi) is 9.60. The van der Waals surface area contributed by atoms with Gasteiger partial charge in [0.1, 0.15) is 5.75 Å². The number of aromatic amines is 1. The van der Waals surface area contributed by atoms with Crippen LogP contribution in [-0.2, 0) is 9.53 Å². The SMILES string of the molecule is COC1CCN(CCN(C(=O)CCCCOc2ccc3[nH]c(=O)ccc3c2)C2CCCCC2)CC1. The van der Waals surface area contributed by atoms with Crippen LogP contribution in [0.1, 0.15) is 64.2 Å². The normalized spacial score (nSPS) is 18.1. The first kappa shape index (κ1) is 25.7. The summed E-state index contributed by atoms with van der Waals surface area (Å²) in [5.74, 6) is 1.09. The zero-order valence-corrected chi connectivity index (χ0v) is 21.2. The first-order valence-corrected chi connectivity index (χ1v) is 13.4. The van der Waals surface area contributed by atoms with Crippen molar-refractivity contribution in [2.45, 2.75) is 76.4 Å². The lowest BCUT2D eigenvalue weighted by molar-refractivity contribution is -0.134. The van der Waals surface area contributed by atoms with E-state index in [0.717, 1.165) is 81.4 Å². The highest BCUT2D eigenvalue weighted by atomic mass is 16.5. The molecule has 1 aliphatic heterocycles. The van der Waals surface area contributed by atoms with Crippen molar-refractivity contribution < 1.29 is 14.3 Å². The number of H-pyrrole nitrogens is 1. The summed E-state index contributed by atoms with van der Waals surface area (Å²) in [6, 6.07) is 9.43. The minimum atomic E-state index is -0.103. The van der Waals surface area contributed by atoms with Gasteiger partial charge in [-0.2, -0.15) is 0 Å². The molecule has 1 aromatic heterocycles. The molecule has 192 valence electrons. The van der Waals surface area contributed by atoms with Crippen LogP contribution in [0.5, 0.6) is 5.75 Å². The van der Waals surface area contributed by atoms with Gasteiger partial charge in [0, 0.05) is 62.7 Å². The average molecular weight is 484 g/mol. The summed E-state index contributed by atoms with van der Waals surface area (Å²) in [6.45, 7) is 4.52. The smallest absolute Gasteiger partial charge is 0.248 e. The van der Waals surface area contributed by atoms with Crippen molar-refractivity contribution in [3.8, 4) is 5.75 Å². The number of nitrogens with zero attached hydrogens (tertiary/aromatic N) is 2. The first-order valence-electron chi connectivity index (χ1n) is 13.4. The Labute approximate surface area is 208 Å². The molecule has 0 bridgehead atoms. The molecular weight excluding hydrogens is 442 g/mol. The third-order valence-electron chi connectivity index (χ3n) is 7.61. The maximum Gasteiger partial charge on any atom is 0.248 e. The fraction of sp³-hybridized carbons (Fsp3) is 0.643. The molecule has 2 aromatic rings. The summed E-state index contributed by atoms with van der Waals surface area (Å²) < 4.78 is 11.4. The molecule has 4 rings (SSSR count). The predicted octanol–water partition coefficient (Wildman–Crippen LogP) is 4.35. The average Bonchev–Trinajstić information content (AvgIpc) is 2.89. The Morgan fingerprint density at radius 2 is 1.86 bits per heavy atom. The molecule has 7 nitrogen and oxygen atoms in total. The maximum atomic E-state index is 13.2. The number of methoxy groups -OCH3 is 1. The number of ether oxygens (including phenoxy) is 2. The van der Waals surface area contributed by atoms with Gasteiger partial charge in [-0.05, 0) is 62.8 Å². The van der Waals surface area contributed by atoms with Crippen molar-refractivity contribution in [2.75, 3.05) is 39.9 Å². The number of rotatable bonds is 11. The van der Waals surface area contributed by atoms with Gasteiger partial charge in [0.25, 0.3) is 0 Å². The summed E-state index contributed by atoms with van der Waals surface area (Å²) in [4.78, 5) is 32.2. The van der Waals surface area contributed by atoms with E-state index in [2.05, 4.69) is 14.8 Å². The Balaban J connectivity index is 1.22. The fourth-order valence-electron chi connectivity index (χ4n) is 5.46. The van der Waals surface area contributed by atoms with E-state index in [1.807, 2.05) is 18.2 Å². The van der Waals surface area contributed by atoms with Crippen LogP contribution < -0.4 is 10.3 Å². The summed E-state index contributed by atoms with van der Waals surface area (Å²) >= 11 is 0. The van der Waals surface area contributed by atoms with Gasteiger partial charge >= 0.3 is 0 Å². The summed E-state index contributed by atoms with van der Waals surface area (Å²) in [5.41, 5.74) is 0.704. The van der Waals surface area contributed by atoms with E-state index in [1.54, 1.807) is 13.2 Å². The molecule has 35 heavy (non-hydrogen) atoms. The number of hydrogen-bond acceptors (Lipinski definition) is 5. The number of pyridine rings is 1. The second-order valence-electron chi connectivity index (χ2n) is 10.0. The maximum absolute atomic E-state index is 13.2. The molecule has 0 radical (unpaired) electrons. The molecule has 2 fully saturated rings. The van der Waals surface area contributed by atoms with Crippen LogP contribution in [0.4, 0.5) is 0 Å². The van der Waals surface area contributed by atoms with Gasteiger partial charge in [-0.15, -0.1) is 0 Å². The van der Waals surface area contributed by atoms with Gasteiger partial charge in [-0.3, -0.25) is 9.59 Å². The Morgan fingerprint density at radius 3 is 2.63 bits per heavy atom. The highest BCUT2D eigenvalue weighted by Crippen LogP contribution is 2.24. The quantitative estimate of drug-likeness (QED) is 0.481. The molecule has 2 aliphatic rings. The molecule has 1 saturated heterocycles. The fourth-order valence-corrected chi connectivity index (χ4v) is 5.46. The molecule has 1 N–H and O–H groups in total. The standard InChI is InChI=1S/C28H41N3O4/c1-34-24-14-16-30(17-15-24)18-19-31(23-7-3-2-4-8-23)28(33)9-5-6-20-35-25-11-12-26-22(21-25)10-13-27(32)29-26/h10-13,21,23-24H,2-9,14-20H2,1H3,(H,29,32). The number of fused-ring (bicyclic) bond motifs is 1. The molecule has 1 aromatic carbocycles. The van der Waals surface area contributed by atoms with Crippen molar-refractivity contribution in [1.82, 2.24) is 14.8 Å². The van der Waals surface area contributed by atoms with Gasteiger partial charge in [0.05, 0.1) is 12.7 Å². The molecule has 7 heteroatoms. The van der Waals surface area contributed by atoms with Gasteiger partial charge < -0.3 is 24.3 Å². The van der Waals surface area contributed by atoms with E-state index < -0.39 is 0 Å². The van der Waals surface area contributed by atoms with E-state index in [-0.39, 0.29) is 5.56 Å². The van der Waals surface area contributed by atoms with E-state index in [9.17, 15) is 9.59 Å². The highest BCUT2D eigenvalue weighted by molar-refractivity contribution is 5.79. The molecule has 0 spiro atoms. The Bertz CT molecular complexity index is 993. The van der Waals surface area contributed by atoms with Crippen molar-refractivity contribution in [1.29, 1.82) is 0 Å². The summed E-state index contributed by atoms with van der Waals surface area (Å²) in [7, 11) is 1.81. The number of amides is 1. The van der Waals surface area contributed by atoms with Crippen molar-refractivity contribution in [3.05, 3.63) is 40.7 Å². The van der Waals surface area contributed by atoms with Crippen molar-refractivity contribution in [2.24, 2.45) is 0 Å². The second-order valence-corrected chi connectivity index (χ2v) is 10.0. The van der Waals surface area contributed by atoms with Gasteiger partial charge in [0.2, 0.25) is 11.5 Å². The third-order valence-corrected chi connectivity index (χ3v) is 7.61. The van der Waals surface area contributed by atoms with Crippen LogP contribution in [0.2, 0.25) is 0 Å². The molecule has 1 aliphatic carbocycles. The molecular formula is C28H41N3O4. The summed E-state index contributed by atoms with van der Waals surface area (Å²) in [5, 5.41) is 0.951. The van der Waals surface area contributed by atoms with Gasteiger partial charge in [-0.1, -0.05) is 19.3 Å². The van der Waals surface area contributed by atoms with Gasteiger partial charge in [-0.25, -0.2) is 0 Å². The topological polar surface area (TPSA) is 74.9 Å². The van der Waals surface area contributed by atoms with Crippen LogP contribution in [0.15, 0.2) is 35.1 Å². The monoisotopic (exact) mass is 483 g/mol. The summed E-state index contributed by atoms with van der Waals surface area (Å²) in [6.07, 6.45) is 10.9. The zero-order valence-electron chi connectivity index (χ0n) is 21.2. The lowest BCUT2D eigenvalue weighted by Crippen LogP contribution is -2.47. The number of carbonyl (C=O) groups excluding carboxylic acids is 1. The van der Waals surface area contributed by atoms with E-state index in [4.69, 9.17) is 9.47 Å². The van der Waals surface area contributed by atoms with Crippen LogP contribution in [0.3, 0.4) is 0 Å². The van der Waals surface area contributed by atoms with E-state index in [1.165, 1.54) is 25.3 Å². The van der Waals surface area contributed by atoms with E-state index >= 15 is 0 Å². The van der Waals surface area contributed by atoms with Crippen LogP contribution in [0.25, 0.3) is 10.9 Å². The number of benzene rings is 1. The molecule has 1 saturated carbocycles. The number of hydrogen-bond donors (Lipinski definition) is 1. The first-order chi connectivity index (χ1) is 17.1. The number of nitrogens with one attached hydrogen (secondary N) is 1. The molecule has 2 heterocycles. The lowest BCUT2D eigenvalue weighted by Gasteiger charge is -2.37. The van der Waals surface area contributed by atoms with E-state index in [0.29, 0.717) is 31.1 Å². The van der Waals surface area contributed by atoms with Crippen molar-refractivity contribution in [3.63, 3.8) is 0 Å². The predicted molar refractivity (Wildman–Crippen MR) is 139 cm³/mol.